The first-order valence-corrected chi connectivity index (χ1v) is 9.00. The Kier molecular flexibility index (Phi) is 7.21. The van der Waals surface area contributed by atoms with Crippen molar-refractivity contribution in [2.75, 3.05) is 17.2 Å². The number of para-hydroxylation sites is 1. The summed E-state index contributed by atoms with van der Waals surface area (Å²) in [5.74, 6) is 0.0780. The highest BCUT2D eigenvalue weighted by atomic mass is 16.5. The van der Waals surface area contributed by atoms with Gasteiger partial charge in [0.1, 0.15) is 12.2 Å². The zero-order chi connectivity index (χ0) is 18.9. The molecule has 0 aliphatic carbocycles. The van der Waals surface area contributed by atoms with Gasteiger partial charge in [-0.05, 0) is 55.2 Å². The van der Waals surface area contributed by atoms with E-state index in [-0.39, 0.29) is 18.2 Å². The first-order chi connectivity index (χ1) is 12.6. The summed E-state index contributed by atoms with van der Waals surface area (Å²) >= 11 is 0. The quantitative estimate of drug-likeness (QED) is 0.699. The third kappa shape index (κ3) is 5.34. The van der Waals surface area contributed by atoms with Crippen LogP contribution < -0.4 is 15.4 Å². The van der Waals surface area contributed by atoms with Crippen LogP contribution in [0.3, 0.4) is 0 Å². The molecule has 5 nitrogen and oxygen atoms in total. The summed E-state index contributed by atoms with van der Waals surface area (Å²) < 4.78 is 5.36. The van der Waals surface area contributed by atoms with E-state index in [2.05, 4.69) is 10.6 Å². The van der Waals surface area contributed by atoms with Crippen molar-refractivity contribution >= 4 is 23.2 Å². The van der Waals surface area contributed by atoms with Crippen LogP contribution in [0.4, 0.5) is 11.4 Å². The zero-order valence-corrected chi connectivity index (χ0v) is 15.6. The highest BCUT2D eigenvalue weighted by Gasteiger charge is 2.13. The second kappa shape index (κ2) is 9.61. The van der Waals surface area contributed by atoms with E-state index in [1.54, 1.807) is 24.3 Å². The predicted octanol–water partition coefficient (Wildman–Crippen LogP) is 4.18. The van der Waals surface area contributed by atoms with Gasteiger partial charge in [0.2, 0.25) is 11.8 Å². The maximum atomic E-state index is 12.3. The molecule has 2 amide bonds. The van der Waals surface area contributed by atoms with Crippen LogP contribution in [-0.2, 0) is 22.4 Å². The number of anilines is 2. The smallest absolute Gasteiger partial charge is 0.233 e. The van der Waals surface area contributed by atoms with Gasteiger partial charge in [0, 0.05) is 11.4 Å². The Balaban J connectivity index is 1.96. The largest absolute Gasteiger partial charge is 0.494 e. The van der Waals surface area contributed by atoms with E-state index >= 15 is 0 Å². The molecule has 138 valence electrons. The van der Waals surface area contributed by atoms with Crippen molar-refractivity contribution in [1.29, 1.82) is 0 Å². The Morgan fingerprint density at radius 2 is 1.42 bits per heavy atom. The molecular formula is C21H26N2O3. The topological polar surface area (TPSA) is 67.4 Å². The van der Waals surface area contributed by atoms with Crippen LogP contribution >= 0.6 is 0 Å². The Morgan fingerprint density at radius 1 is 0.846 bits per heavy atom. The average molecular weight is 354 g/mol. The van der Waals surface area contributed by atoms with Crippen LogP contribution in [0.25, 0.3) is 0 Å². The molecule has 0 bridgehead atoms. The lowest BCUT2D eigenvalue weighted by molar-refractivity contribution is -0.123. The van der Waals surface area contributed by atoms with Gasteiger partial charge in [-0.1, -0.05) is 32.0 Å². The molecule has 2 aromatic rings. The van der Waals surface area contributed by atoms with Crippen molar-refractivity contribution in [3.63, 3.8) is 0 Å². The standard InChI is InChI=1S/C21H26N2O3/c1-4-15-8-7-9-16(5-2)21(15)23-20(25)14-19(24)22-17-10-12-18(13-11-17)26-6-3/h7-13H,4-6,14H2,1-3H3,(H,22,24)(H,23,25). The van der Waals surface area contributed by atoms with Crippen molar-refractivity contribution < 1.29 is 14.3 Å². The fourth-order valence-corrected chi connectivity index (χ4v) is 2.74. The third-order valence-electron chi connectivity index (χ3n) is 4.03. The molecule has 26 heavy (non-hydrogen) atoms. The number of hydrogen-bond donors (Lipinski definition) is 2. The molecular weight excluding hydrogens is 328 g/mol. The molecule has 2 N–H and O–H groups in total. The van der Waals surface area contributed by atoms with E-state index in [1.807, 2.05) is 39.0 Å². The number of ether oxygens (including phenoxy) is 1. The third-order valence-corrected chi connectivity index (χ3v) is 4.03. The maximum Gasteiger partial charge on any atom is 0.233 e. The second-order valence-electron chi connectivity index (χ2n) is 5.89. The van der Waals surface area contributed by atoms with Crippen molar-refractivity contribution in [2.24, 2.45) is 0 Å². The first kappa shape index (κ1) is 19.5. The number of nitrogens with one attached hydrogen (secondary N) is 2. The van der Waals surface area contributed by atoms with Gasteiger partial charge in [-0.2, -0.15) is 0 Å². The van der Waals surface area contributed by atoms with Crippen LogP contribution in [0.1, 0.15) is 38.3 Å². The number of rotatable bonds is 8. The summed E-state index contributed by atoms with van der Waals surface area (Å²) in [6.07, 6.45) is 1.41. The van der Waals surface area contributed by atoms with Gasteiger partial charge in [0.25, 0.3) is 0 Å². The normalized spacial score (nSPS) is 10.3. The Bertz CT molecular complexity index is 732. The van der Waals surface area contributed by atoms with Crippen LogP contribution in [0, 0.1) is 0 Å². The van der Waals surface area contributed by atoms with Crippen molar-refractivity contribution in [1.82, 2.24) is 0 Å². The highest BCUT2D eigenvalue weighted by Crippen LogP contribution is 2.23. The number of hydrogen-bond acceptors (Lipinski definition) is 3. The van der Waals surface area contributed by atoms with Crippen LogP contribution in [0.5, 0.6) is 5.75 Å². The molecule has 0 atom stereocenters. The van der Waals surface area contributed by atoms with Gasteiger partial charge >= 0.3 is 0 Å². The van der Waals surface area contributed by atoms with Gasteiger partial charge in [-0.3, -0.25) is 9.59 Å². The van der Waals surface area contributed by atoms with Gasteiger partial charge in [-0.25, -0.2) is 0 Å². The molecule has 5 heteroatoms. The average Bonchev–Trinajstić information content (AvgIpc) is 2.63. The fourth-order valence-electron chi connectivity index (χ4n) is 2.74. The summed E-state index contributed by atoms with van der Waals surface area (Å²) in [5, 5.41) is 5.63. The summed E-state index contributed by atoms with van der Waals surface area (Å²) in [5.41, 5.74) is 3.61. The van der Waals surface area contributed by atoms with Crippen LogP contribution in [-0.4, -0.2) is 18.4 Å². The van der Waals surface area contributed by atoms with E-state index in [9.17, 15) is 9.59 Å². The molecule has 0 spiro atoms. The molecule has 2 aromatic carbocycles. The van der Waals surface area contributed by atoms with E-state index in [4.69, 9.17) is 4.74 Å². The number of benzene rings is 2. The Morgan fingerprint density at radius 3 is 1.96 bits per heavy atom. The molecule has 0 saturated heterocycles. The Hall–Kier alpha value is -2.82. The van der Waals surface area contributed by atoms with E-state index in [0.29, 0.717) is 12.3 Å². The predicted molar refractivity (Wildman–Crippen MR) is 105 cm³/mol. The summed E-state index contributed by atoms with van der Waals surface area (Å²) in [6.45, 7) is 6.59. The van der Waals surface area contributed by atoms with Gasteiger partial charge < -0.3 is 15.4 Å². The summed E-state index contributed by atoms with van der Waals surface area (Å²) in [6, 6.07) is 13.1. The molecule has 0 aliphatic heterocycles. The second-order valence-corrected chi connectivity index (χ2v) is 5.89. The number of amides is 2. The lowest BCUT2D eigenvalue weighted by atomic mass is 10.0. The molecule has 0 fully saturated rings. The lowest BCUT2D eigenvalue weighted by Gasteiger charge is -2.14. The van der Waals surface area contributed by atoms with Crippen molar-refractivity contribution in [3.05, 3.63) is 53.6 Å². The SMILES string of the molecule is CCOc1ccc(NC(=O)CC(=O)Nc2c(CC)cccc2CC)cc1. The van der Waals surface area contributed by atoms with Gasteiger partial charge in [0.05, 0.1) is 6.61 Å². The number of aryl methyl sites for hydroxylation is 2. The van der Waals surface area contributed by atoms with E-state index in [0.717, 1.165) is 35.4 Å². The molecule has 2 rings (SSSR count). The molecule has 0 radical (unpaired) electrons. The van der Waals surface area contributed by atoms with E-state index < -0.39 is 0 Å². The first-order valence-electron chi connectivity index (χ1n) is 9.00. The molecule has 0 aromatic heterocycles. The van der Waals surface area contributed by atoms with Gasteiger partial charge in [-0.15, -0.1) is 0 Å². The number of carbonyl (C=O) groups excluding carboxylic acids is 2. The number of carbonyl (C=O) groups is 2. The summed E-state index contributed by atoms with van der Waals surface area (Å²) in [7, 11) is 0. The Labute approximate surface area is 154 Å². The zero-order valence-electron chi connectivity index (χ0n) is 15.6. The molecule has 0 saturated carbocycles. The monoisotopic (exact) mass is 354 g/mol. The molecule has 0 unspecified atom stereocenters. The van der Waals surface area contributed by atoms with Gasteiger partial charge in [0.15, 0.2) is 0 Å². The van der Waals surface area contributed by atoms with Crippen LogP contribution in [0.2, 0.25) is 0 Å². The molecule has 0 aliphatic rings. The maximum absolute atomic E-state index is 12.3. The van der Waals surface area contributed by atoms with Crippen molar-refractivity contribution in [3.8, 4) is 5.75 Å². The molecule has 0 heterocycles. The minimum atomic E-state index is -0.348. The fraction of sp³-hybridized carbons (Fsp3) is 0.333. The highest BCUT2D eigenvalue weighted by molar-refractivity contribution is 6.08. The lowest BCUT2D eigenvalue weighted by Crippen LogP contribution is -2.22. The van der Waals surface area contributed by atoms with Crippen LogP contribution in [0.15, 0.2) is 42.5 Å². The van der Waals surface area contributed by atoms with E-state index in [1.165, 1.54) is 0 Å². The minimum absolute atomic E-state index is 0.228. The minimum Gasteiger partial charge on any atom is -0.494 e. The summed E-state index contributed by atoms with van der Waals surface area (Å²) in [4.78, 5) is 24.4. The van der Waals surface area contributed by atoms with Crippen molar-refractivity contribution in [2.45, 2.75) is 40.0 Å².